The quantitative estimate of drug-likeness (QED) is 0.567. The van der Waals surface area contributed by atoms with Crippen molar-refractivity contribution in [3.05, 3.63) is 0 Å². The Kier molecular flexibility index (Phi) is 2.29. The molecule has 0 aliphatic carbocycles. The summed E-state index contributed by atoms with van der Waals surface area (Å²) in [7, 11) is 0. The number of rotatable bonds is 1. The lowest BCUT2D eigenvalue weighted by Gasteiger charge is -2.26. The molecule has 0 aromatic carbocycles. The van der Waals surface area contributed by atoms with E-state index >= 15 is 0 Å². The van der Waals surface area contributed by atoms with Gasteiger partial charge in [0.1, 0.15) is 0 Å². The first kappa shape index (κ1) is 9.05. The van der Waals surface area contributed by atoms with E-state index in [1.165, 1.54) is 0 Å². The van der Waals surface area contributed by atoms with Gasteiger partial charge in [-0.2, -0.15) is 0 Å². The van der Waals surface area contributed by atoms with Crippen LogP contribution in [0.15, 0.2) is 0 Å². The van der Waals surface area contributed by atoms with E-state index in [-0.39, 0.29) is 0 Å². The van der Waals surface area contributed by atoms with Crippen LogP contribution < -0.4 is 0 Å². The van der Waals surface area contributed by atoms with Crippen LogP contribution >= 0.6 is 0 Å². The van der Waals surface area contributed by atoms with Crippen LogP contribution in [-0.2, 0) is 4.74 Å². The van der Waals surface area contributed by atoms with Gasteiger partial charge in [-0.15, -0.1) is 0 Å². The largest absolute Gasteiger partial charge is 0.374 e. The average molecular weight is 156 g/mol. The Hall–Kier alpha value is -0.0400. The van der Waals surface area contributed by atoms with Gasteiger partial charge in [-0.1, -0.05) is 27.7 Å². The molecule has 1 nitrogen and oxygen atoms in total. The molecule has 3 atom stereocenters. The molecule has 11 heavy (non-hydrogen) atoms. The molecule has 66 valence electrons. The van der Waals surface area contributed by atoms with Crippen molar-refractivity contribution >= 4 is 0 Å². The van der Waals surface area contributed by atoms with Gasteiger partial charge < -0.3 is 4.74 Å². The van der Waals surface area contributed by atoms with Crippen LogP contribution in [-0.4, -0.2) is 12.2 Å². The molecule has 0 amide bonds. The highest BCUT2D eigenvalue weighted by atomic mass is 16.5. The average Bonchev–Trinajstić information content (AvgIpc) is 2.14. The summed E-state index contributed by atoms with van der Waals surface area (Å²) < 4.78 is 5.84. The predicted octanol–water partition coefficient (Wildman–Crippen LogP) is 2.85. The minimum atomic E-state index is 0.362. The lowest BCUT2D eigenvalue weighted by Crippen LogP contribution is -2.27. The second kappa shape index (κ2) is 2.78. The molecule has 0 aromatic rings. The van der Waals surface area contributed by atoms with Crippen molar-refractivity contribution in [2.24, 2.45) is 11.3 Å². The van der Waals surface area contributed by atoms with Gasteiger partial charge in [0, 0.05) is 0 Å². The standard InChI is InChI=1S/C10H20O/c1-6-9-7(2)10(4,5)8(3)11-9/h7-9H,6H2,1-5H3/t7-,8+,9-/m1/s1. The topological polar surface area (TPSA) is 9.23 Å². The third kappa shape index (κ3) is 1.31. The normalized spacial score (nSPS) is 42.8. The number of ether oxygens (including phenoxy) is 1. The van der Waals surface area contributed by atoms with E-state index in [1.807, 2.05) is 0 Å². The van der Waals surface area contributed by atoms with Gasteiger partial charge in [0.15, 0.2) is 0 Å². The second-order valence-corrected chi connectivity index (χ2v) is 4.34. The molecule has 1 heterocycles. The first-order chi connectivity index (χ1) is 5.00. The Morgan fingerprint density at radius 2 is 1.82 bits per heavy atom. The van der Waals surface area contributed by atoms with Crippen LogP contribution in [0.3, 0.4) is 0 Å². The van der Waals surface area contributed by atoms with Gasteiger partial charge in [0.2, 0.25) is 0 Å². The minimum Gasteiger partial charge on any atom is -0.374 e. The molecule has 0 N–H and O–H groups in total. The Morgan fingerprint density at radius 1 is 1.27 bits per heavy atom. The van der Waals surface area contributed by atoms with Crippen LogP contribution in [0.1, 0.15) is 41.0 Å². The van der Waals surface area contributed by atoms with E-state index in [4.69, 9.17) is 4.74 Å². The molecule has 0 bridgehead atoms. The van der Waals surface area contributed by atoms with E-state index in [2.05, 4.69) is 34.6 Å². The summed E-state index contributed by atoms with van der Waals surface area (Å²) in [6, 6.07) is 0. The molecule has 0 aromatic heterocycles. The molecule has 0 radical (unpaired) electrons. The summed E-state index contributed by atoms with van der Waals surface area (Å²) in [4.78, 5) is 0. The van der Waals surface area contributed by atoms with Gasteiger partial charge in [0.25, 0.3) is 0 Å². The SMILES string of the molecule is CC[C@H]1O[C@@H](C)C(C)(C)[C@@H]1C. The van der Waals surface area contributed by atoms with Gasteiger partial charge in [-0.05, 0) is 24.7 Å². The molecular formula is C10H20O. The highest BCUT2D eigenvalue weighted by Crippen LogP contribution is 2.43. The molecule has 1 aliphatic rings. The summed E-state index contributed by atoms with van der Waals surface area (Å²) in [6.07, 6.45) is 2.05. The van der Waals surface area contributed by atoms with Crippen molar-refractivity contribution < 1.29 is 4.74 Å². The number of hydrogen-bond donors (Lipinski definition) is 0. The van der Waals surface area contributed by atoms with E-state index < -0.39 is 0 Å². The van der Waals surface area contributed by atoms with Crippen molar-refractivity contribution in [2.45, 2.75) is 53.2 Å². The predicted molar refractivity (Wildman–Crippen MR) is 47.6 cm³/mol. The fourth-order valence-electron chi connectivity index (χ4n) is 1.85. The summed E-state index contributed by atoms with van der Waals surface area (Å²) >= 11 is 0. The van der Waals surface area contributed by atoms with E-state index in [1.54, 1.807) is 0 Å². The molecule has 0 unspecified atom stereocenters. The molecule has 1 fully saturated rings. The lowest BCUT2D eigenvalue weighted by molar-refractivity contribution is 0.0291. The van der Waals surface area contributed by atoms with E-state index in [0.717, 1.165) is 6.42 Å². The maximum absolute atomic E-state index is 5.84. The van der Waals surface area contributed by atoms with Crippen molar-refractivity contribution in [2.75, 3.05) is 0 Å². The summed E-state index contributed by atoms with van der Waals surface area (Å²) in [5.74, 6) is 0.697. The third-order valence-corrected chi connectivity index (χ3v) is 3.56. The van der Waals surface area contributed by atoms with Crippen LogP contribution in [0, 0.1) is 11.3 Å². The zero-order chi connectivity index (χ0) is 8.65. The highest BCUT2D eigenvalue weighted by Gasteiger charge is 2.44. The number of hydrogen-bond acceptors (Lipinski definition) is 1. The minimum absolute atomic E-state index is 0.362. The first-order valence-electron chi connectivity index (χ1n) is 4.65. The third-order valence-electron chi connectivity index (χ3n) is 3.56. The lowest BCUT2D eigenvalue weighted by atomic mass is 9.76. The van der Waals surface area contributed by atoms with Crippen molar-refractivity contribution in [3.8, 4) is 0 Å². The molecule has 1 aliphatic heterocycles. The summed E-state index contributed by atoms with van der Waals surface area (Å²) in [5.41, 5.74) is 0.362. The monoisotopic (exact) mass is 156 g/mol. The van der Waals surface area contributed by atoms with Crippen LogP contribution in [0.2, 0.25) is 0 Å². The van der Waals surface area contributed by atoms with Crippen molar-refractivity contribution in [1.82, 2.24) is 0 Å². The smallest absolute Gasteiger partial charge is 0.0608 e. The molecule has 1 rings (SSSR count). The van der Waals surface area contributed by atoms with E-state index in [0.29, 0.717) is 23.5 Å². The zero-order valence-corrected chi connectivity index (χ0v) is 8.35. The molecular weight excluding hydrogens is 136 g/mol. The van der Waals surface area contributed by atoms with Gasteiger partial charge in [0.05, 0.1) is 12.2 Å². The Bertz CT molecular complexity index is 140. The van der Waals surface area contributed by atoms with Crippen LogP contribution in [0.25, 0.3) is 0 Å². The summed E-state index contributed by atoms with van der Waals surface area (Å²) in [5, 5.41) is 0. The molecule has 0 spiro atoms. The Labute approximate surface area is 70.1 Å². The van der Waals surface area contributed by atoms with Gasteiger partial charge in [-0.25, -0.2) is 0 Å². The maximum atomic E-state index is 5.84. The van der Waals surface area contributed by atoms with E-state index in [9.17, 15) is 0 Å². The van der Waals surface area contributed by atoms with Gasteiger partial charge in [-0.3, -0.25) is 0 Å². The first-order valence-corrected chi connectivity index (χ1v) is 4.65. The van der Waals surface area contributed by atoms with Crippen LogP contribution in [0.4, 0.5) is 0 Å². The van der Waals surface area contributed by atoms with Crippen molar-refractivity contribution in [3.63, 3.8) is 0 Å². The Morgan fingerprint density at radius 3 is 2.00 bits per heavy atom. The summed E-state index contributed by atoms with van der Waals surface area (Å²) in [6.45, 7) is 11.3. The maximum Gasteiger partial charge on any atom is 0.0608 e. The molecule has 1 heteroatoms. The fraction of sp³-hybridized carbons (Fsp3) is 1.00. The Balaban J connectivity index is 2.71. The molecule has 0 saturated carbocycles. The van der Waals surface area contributed by atoms with Gasteiger partial charge >= 0.3 is 0 Å². The molecule has 1 saturated heterocycles. The fourth-order valence-corrected chi connectivity index (χ4v) is 1.85. The zero-order valence-electron chi connectivity index (χ0n) is 8.35. The second-order valence-electron chi connectivity index (χ2n) is 4.34. The highest BCUT2D eigenvalue weighted by molar-refractivity contribution is 4.91. The van der Waals surface area contributed by atoms with Crippen LogP contribution in [0.5, 0.6) is 0 Å². The van der Waals surface area contributed by atoms with Crippen molar-refractivity contribution in [1.29, 1.82) is 0 Å².